The number of halogens is 2. The zero-order valence-corrected chi connectivity index (χ0v) is 1.32. The van der Waals surface area contributed by atoms with Crippen molar-refractivity contribution in [1.82, 2.24) is 0 Å². The van der Waals surface area contributed by atoms with E-state index in [0.29, 0.717) is 0 Å². The SMILES string of the molecule is F.F.O.[KH]. The van der Waals surface area contributed by atoms with Crippen LogP contribution in [0.2, 0.25) is 0 Å². The van der Waals surface area contributed by atoms with Gasteiger partial charge in [-0.1, -0.05) is 0 Å². The van der Waals surface area contributed by atoms with E-state index in [1.807, 2.05) is 0 Å². The van der Waals surface area contributed by atoms with Gasteiger partial charge >= 0.3 is 51.4 Å². The van der Waals surface area contributed by atoms with Crippen LogP contribution in [0, 0.1) is 0 Å². The molecule has 4 heavy (non-hydrogen) atoms. The average Bonchev–Trinajstić information content (AvgIpc) is 0. The zero-order valence-electron chi connectivity index (χ0n) is 1.32. The maximum absolute atomic E-state index is 0. The summed E-state index contributed by atoms with van der Waals surface area (Å²) in [5.74, 6) is 0. The summed E-state index contributed by atoms with van der Waals surface area (Å²) < 4.78 is 0. The molecule has 0 saturated heterocycles. The van der Waals surface area contributed by atoms with E-state index in [0.717, 1.165) is 0 Å². The van der Waals surface area contributed by atoms with Crippen molar-refractivity contribution in [2.24, 2.45) is 0 Å². The van der Waals surface area contributed by atoms with Crippen molar-refractivity contribution in [2.45, 2.75) is 0 Å². The van der Waals surface area contributed by atoms with Gasteiger partial charge in [-0.2, -0.15) is 0 Å². The van der Waals surface area contributed by atoms with Crippen LogP contribution in [-0.4, -0.2) is 56.9 Å². The Kier molecular flexibility index (Phi) is 321. The van der Waals surface area contributed by atoms with Gasteiger partial charge in [0.1, 0.15) is 0 Å². The van der Waals surface area contributed by atoms with Crippen molar-refractivity contribution in [3.05, 3.63) is 0 Å². The van der Waals surface area contributed by atoms with Gasteiger partial charge in [0.15, 0.2) is 0 Å². The molecule has 0 heterocycles. The molecule has 0 unspecified atom stereocenters. The predicted octanol–water partition coefficient (Wildman–Crippen LogP) is -1.17. The molecular formula is H5F2KO. The molecule has 0 spiro atoms. The van der Waals surface area contributed by atoms with Crippen molar-refractivity contribution in [1.29, 1.82) is 0 Å². The first-order valence-electron chi connectivity index (χ1n) is 0. The molecule has 0 aliphatic heterocycles. The molecular weight excluding hydrogens is 93.1 g/mol. The summed E-state index contributed by atoms with van der Waals surface area (Å²) in [5, 5.41) is 0. The Labute approximate surface area is 65.2 Å². The third-order valence-corrected chi connectivity index (χ3v) is 0. The monoisotopic (exact) mass is 98.0 g/mol. The Balaban J connectivity index is 0. The standard InChI is InChI=1S/2FH.K.H2O.H/h2*1H;;1H2;. The number of hydrogen-bond acceptors (Lipinski definition) is 0. The molecule has 0 rings (SSSR count). The predicted molar refractivity (Wildman–Crippen MR) is 15.8 cm³/mol. The number of hydrogen-bond donors (Lipinski definition) is 0. The molecule has 2 N–H and O–H groups in total. The topological polar surface area (TPSA) is 31.5 Å². The van der Waals surface area contributed by atoms with Crippen molar-refractivity contribution in [3.63, 3.8) is 0 Å². The van der Waals surface area contributed by atoms with Crippen molar-refractivity contribution in [3.8, 4) is 0 Å². The Bertz CT molecular complexity index is 6.00. The third kappa shape index (κ3) is 9.83. The van der Waals surface area contributed by atoms with Gasteiger partial charge < -0.3 is 5.48 Å². The third-order valence-electron chi connectivity index (χ3n) is 0. The summed E-state index contributed by atoms with van der Waals surface area (Å²) in [7, 11) is 0. The molecule has 0 aliphatic rings. The first kappa shape index (κ1) is 51.1. The second-order valence-electron chi connectivity index (χ2n) is 0. The van der Waals surface area contributed by atoms with Gasteiger partial charge in [-0.15, -0.1) is 0 Å². The molecule has 0 aromatic heterocycles. The van der Waals surface area contributed by atoms with E-state index in [9.17, 15) is 0 Å². The van der Waals surface area contributed by atoms with E-state index in [1.54, 1.807) is 0 Å². The molecule has 0 saturated carbocycles. The Hall–Kier alpha value is 1.46. The molecule has 0 aliphatic carbocycles. The van der Waals surface area contributed by atoms with Gasteiger partial charge in [0.2, 0.25) is 0 Å². The maximum atomic E-state index is 0. The summed E-state index contributed by atoms with van der Waals surface area (Å²) in [6.07, 6.45) is 0. The summed E-state index contributed by atoms with van der Waals surface area (Å²) in [6.45, 7) is 0. The molecule has 0 atom stereocenters. The first-order valence-corrected chi connectivity index (χ1v) is 0. The first-order chi connectivity index (χ1) is 0. The van der Waals surface area contributed by atoms with Gasteiger partial charge in [-0.25, -0.2) is 0 Å². The Morgan fingerprint density at radius 1 is 0.750 bits per heavy atom. The van der Waals surface area contributed by atoms with E-state index < -0.39 is 0 Å². The number of rotatable bonds is 0. The summed E-state index contributed by atoms with van der Waals surface area (Å²) in [4.78, 5) is 0. The van der Waals surface area contributed by atoms with Gasteiger partial charge in [0.25, 0.3) is 0 Å². The van der Waals surface area contributed by atoms with E-state index in [-0.39, 0.29) is 66.3 Å². The van der Waals surface area contributed by atoms with E-state index >= 15 is 0 Å². The minimum atomic E-state index is 0. The molecule has 1 nitrogen and oxygen atoms in total. The fourth-order valence-corrected chi connectivity index (χ4v) is 0. The fourth-order valence-electron chi connectivity index (χ4n) is 0. The van der Waals surface area contributed by atoms with E-state index in [1.165, 1.54) is 0 Å². The van der Waals surface area contributed by atoms with Crippen LogP contribution in [-0.2, 0) is 0 Å². The molecule has 0 radical (unpaired) electrons. The molecule has 0 aromatic carbocycles. The molecule has 0 fully saturated rings. The quantitative estimate of drug-likeness (QED) is 0.342. The van der Waals surface area contributed by atoms with Gasteiger partial charge in [0, 0.05) is 0 Å². The van der Waals surface area contributed by atoms with E-state index in [2.05, 4.69) is 0 Å². The van der Waals surface area contributed by atoms with Crippen LogP contribution in [0.25, 0.3) is 0 Å². The molecule has 0 aromatic rings. The molecule has 26 valence electrons. The van der Waals surface area contributed by atoms with E-state index in [4.69, 9.17) is 0 Å². The molecule has 0 bridgehead atoms. The Morgan fingerprint density at radius 2 is 0.750 bits per heavy atom. The van der Waals surface area contributed by atoms with Crippen LogP contribution in [0.1, 0.15) is 0 Å². The second kappa shape index (κ2) is 25.1. The van der Waals surface area contributed by atoms with Gasteiger partial charge in [-0.05, 0) is 0 Å². The zero-order chi connectivity index (χ0) is 0. The van der Waals surface area contributed by atoms with Crippen LogP contribution in [0.5, 0.6) is 0 Å². The fraction of sp³-hybridized carbons (Fsp3) is 0. The van der Waals surface area contributed by atoms with Crippen molar-refractivity contribution >= 4 is 51.4 Å². The average molecular weight is 98.1 g/mol. The van der Waals surface area contributed by atoms with Crippen LogP contribution >= 0.6 is 0 Å². The normalized spacial score (nSPS) is 0. The summed E-state index contributed by atoms with van der Waals surface area (Å²) in [5.41, 5.74) is 0. The van der Waals surface area contributed by atoms with Gasteiger partial charge in [0.05, 0.1) is 0 Å². The van der Waals surface area contributed by atoms with Crippen molar-refractivity contribution < 1.29 is 14.9 Å². The Morgan fingerprint density at radius 3 is 0.750 bits per heavy atom. The van der Waals surface area contributed by atoms with Crippen molar-refractivity contribution in [2.75, 3.05) is 0 Å². The minimum absolute atomic E-state index is 0. The van der Waals surface area contributed by atoms with Crippen LogP contribution < -0.4 is 0 Å². The summed E-state index contributed by atoms with van der Waals surface area (Å²) in [6, 6.07) is 0. The summed E-state index contributed by atoms with van der Waals surface area (Å²) >= 11 is 0. The van der Waals surface area contributed by atoms with Gasteiger partial charge in [-0.3, -0.25) is 9.41 Å². The second-order valence-corrected chi connectivity index (χ2v) is 0. The van der Waals surface area contributed by atoms with Crippen LogP contribution in [0.4, 0.5) is 9.41 Å². The molecule has 0 amide bonds. The van der Waals surface area contributed by atoms with Crippen LogP contribution in [0.3, 0.4) is 0 Å². The molecule has 4 heteroatoms. The van der Waals surface area contributed by atoms with Crippen LogP contribution in [0.15, 0.2) is 0 Å².